The summed E-state index contributed by atoms with van der Waals surface area (Å²) in [6.45, 7) is 4.23. The number of carbonyl (C=O) groups is 4. The molecule has 3 amide bonds. The van der Waals surface area contributed by atoms with Gasteiger partial charge in [-0.1, -0.05) is 55.8 Å². The van der Waals surface area contributed by atoms with Gasteiger partial charge in [-0.3, -0.25) is 19.2 Å². The summed E-state index contributed by atoms with van der Waals surface area (Å²) in [5.74, 6) is -1.93. The van der Waals surface area contributed by atoms with E-state index in [9.17, 15) is 19.2 Å². The highest BCUT2D eigenvalue weighted by Gasteiger charge is 2.42. The quantitative estimate of drug-likeness (QED) is 0.318. The third-order valence-corrected chi connectivity index (χ3v) is 7.20. The van der Waals surface area contributed by atoms with E-state index in [0.29, 0.717) is 25.1 Å². The number of carbonyl (C=O) groups excluding carboxylic acids is 4. The number of nitrogen functional groups attached to an aromatic ring is 1. The highest BCUT2D eigenvalue weighted by Crippen LogP contribution is 2.24. The molecule has 4 unspecified atom stereocenters. The van der Waals surface area contributed by atoms with Gasteiger partial charge >= 0.3 is 5.97 Å². The van der Waals surface area contributed by atoms with Gasteiger partial charge in [-0.25, -0.2) is 0 Å². The second-order valence-corrected chi connectivity index (χ2v) is 10.5. The molecule has 2 saturated heterocycles. The lowest BCUT2D eigenvalue weighted by Gasteiger charge is -2.31. The summed E-state index contributed by atoms with van der Waals surface area (Å²) in [6.07, 6.45) is 0.132. The van der Waals surface area contributed by atoms with Crippen molar-refractivity contribution >= 4 is 41.0 Å². The van der Waals surface area contributed by atoms with Crippen LogP contribution in [0.25, 0.3) is 0 Å². The Balaban J connectivity index is 1.40. The van der Waals surface area contributed by atoms with Gasteiger partial charge in [0.25, 0.3) is 5.91 Å². The van der Waals surface area contributed by atoms with Gasteiger partial charge in [0.1, 0.15) is 18.1 Å². The molecule has 2 aliphatic heterocycles. The third-order valence-electron chi connectivity index (χ3n) is 6.87. The zero-order valence-electron chi connectivity index (χ0n) is 21.9. The van der Waals surface area contributed by atoms with E-state index in [1.165, 1.54) is 23.1 Å². The Bertz CT molecular complexity index is 1220. The molecule has 39 heavy (non-hydrogen) atoms. The normalized spacial score (nSPS) is 21.5. The summed E-state index contributed by atoms with van der Waals surface area (Å²) < 4.78 is 11.1. The molecule has 0 radical (unpaired) electrons. The fraction of sp³-hybridized carbons (Fsp3) is 0.429. The van der Waals surface area contributed by atoms with Crippen LogP contribution in [0.15, 0.2) is 48.5 Å². The molecule has 0 bridgehead atoms. The SMILES string of the molecule is CC(C)C(NC(=O)c1ccc(N)c(Cl)c1)C(=O)N1CCCC1C(=O)NC1CC(=O)OC1OCc1ccccc1. The van der Waals surface area contributed by atoms with Crippen LogP contribution in [-0.4, -0.2) is 59.6 Å². The molecule has 2 aromatic rings. The summed E-state index contributed by atoms with van der Waals surface area (Å²) in [4.78, 5) is 53.3. The van der Waals surface area contributed by atoms with Gasteiger partial charge in [0.2, 0.25) is 18.1 Å². The molecule has 0 aromatic heterocycles. The second-order valence-electron chi connectivity index (χ2n) is 10.1. The van der Waals surface area contributed by atoms with Gasteiger partial charge in [0.15, 0.2) is 0 Å². The highest BCUT2D eigenvalue weighted by atomic mass is 35.5. The Labute approximate surface area is 232 Å². The zero-order chi connectivity index (χ0) is 28.1. The van der Waals surface area contributed by atoms with Crippen molar-refractivity contribution in [2.75, 3.05) is 12.3 Å². The number of hydrogen-bond donors (Lipinski definition) is 3. The van der Waals surface area contributed by atoms with E-state index in [-0.39, 0.29) is 35.4 Å². The summed E-state index contributed by atoms with van der Waals surface area (Å²) >= 11 is 6.05. The summed E-state index contributed by atoms with van der Waals surface area (Å²) in [6, 6.07) is 11.6. The molecule has 2 aliphatic rings. The number of ether oxygens (including phenoxy) is 2. The van der Waals surface area contributed by atoms with Crippen LogP contribution in [0, 0.1) is 5.92 Å². The predicted octanol–water partition coefficient (Wildman–Crippen LogP) is 2.64. The average Bonchev–Trinajstić information content (AvgIpc) is 3.54. The van der Waals surface area contributed by atoms with Crippen LogP contribution >= 0.6 is 11.6 Å². The van der Waals surface area contributed by atoms with Gasteiger partial charge < -0.3 is 30.7 Å². The van der Waals surface area contributed by atoms with E-state index in [2.05, 4.69) is 10.6 Å². The number of likely N-dealkylation sites (tertiary alicyclic amines) is 1. The number of benzene rings is 2. The van der Waals surface area contributed by atoms with Crippen molar-refractivity contribution in [1.29, 1.82) is 0 Å². The molecule has 0 spiro atoms. The number of nitrogens with one attached hydrogen (secondary N) is 2. The second kappa shape index (κ2) is 12.5. The van der Waals surface area contributed by atoms with E-state index < -0.39 is 42.2 Å². The van der Waals surface area contributed by atoms with E-state index >= 15 is 0 Å². The van der Waals surface area contributed by atoms with Crippen molar-refractivity contribution in [3.63, 3.8) is 0 Å². The van der Waals surface area contributed by atoms with Crippen molar-refractivity contribution in [1.82, 2.24) is 15.5 Å². The molecular formula is C28H33ClN4O6. The van der Waals surface area contributed by atoms with E-state index in [1.54, 1.807) is 0 Å². The zero-order valence-corrected chi connectivity index (χ0v) is 22.6. The van der Waals surface area contributed by atoms with Crippen LogP contribution in [0.4, 0.5) is 5.69 Å². The van der Waals surface area contributed by atoms with Gasteiger partial charge in [-0.15, -0.1) is 0 Å². The molecule has 11 heteroatoms. The molecule has 208 valence electrons. The van der Waals surface area contributed by atoms with Gasteiger partial charge in [-0.2, -0.15) is 0 Å². The first kappa shape index (κ1) is 28.4. The van der Waals surface area contributed by atoms with Crippen molar-refractivity contribution in [3.05, 3.63) is 64.7 Å². The van der Waals surface area contributed by atoms with Crippen molar-refractivity contribution in [2.45, 2.75) is 64.1 Å². The fourth-order valence-corrected chi connectivity index (χ4v) is 4.91. The lowest BCUT2D eigenvalue weighted by atomic mass is 10.0. The molecule has 2 aromatic carbocycles. The van der Waals surface area contributed by atoms with Gasteiger partial charge in [0.05, 0.1) is 23.7 Å². The molecule has 0 saturated carbocycles. The van der Waals surface area contributed by atoms with Crippen LogP contribution in [0.2, 0.25) is 5.02 Å². The Morgan fingerprint density at radius 3 is 2.62 bits per heavy atom. The maximum Gasteiger partial charge on any atom is 0.310 e. The number of hydrogen-bond acceptors (Lipinski definition) is 7. The number of amides is 3. The Kier molecular flexibility index (Phi) is 9.08. The lowest BCUT2D eigenvalue weighted by Crippen LogP contribution is -2.56. The number of cyclic esters (lactones) is 1. The first-order valence-corrected chi connectivity index (χ1v) is 13.3. The average molecular weight is 557 g/mol. The number of esters is 1. The third kappa shape index (κ3) is 6.88. The molecule has 4 atom stereocenters. The molecule has 2 fully saturated rings. The van der Waals surface area contributed by atoms with E-state index in [4.69, 9.17) is 26.8 Å². The summed E-state index contributed by atoms with van der Waals surface area (Å²) in [7, 11) is 0. The van der Waals surface area contributed by atoms with Crippen LogP contribution < -0.4 is 16.4 Å². The Hall–Kier alpha value is -3.63. The molecule has 0 aliphatic carbocycles. The van der Waals surface area contributed by atoms with Gasteiger partial charge in [0, 0.05) is 12.1 Å². The minimum atomic E-state index is -0.929. The number of nitrogens with zero attached hydrogens (tertiary/aromatic N) is 1. The van der Waals surface area contributed by atoms with Crippen molar-refractivity contribution < 1.29 is 28.7 Å². The van der Waals surface area contributed by atoms with Crippen molar-refractivity contribution in [3.8, 4) is 0 Å². The first-order chi connectivity index (χ1) is 18.6. The highest BCUT2D eigenvalue weighted by molar-refractivity contribution is 6.33. The fourth-order valence-electron chi connectivity index (χ4n) is 4.72. The molecule has 10 nitrogen and oxygen atoms in total. The minimum Gasteiger partial charge on any atom is -0.433 e. The van der Waals surface area contributed by atoms with Crippen LogP contribution in [0.3, 0.4) is 0 Å². The molecule has 2 heterocycles. The Morgan fingerprint density at radius 2 is 1.92 bits per heavy atom. The van der Waals surface area contributed by atoms with Crippen LogP contribution in [0.5, 0.6) is 0 Å². The van der Waals surface area contributed by atoms with Crippen LogP contribution in [0.1, 0.15) is 49.0 Å². The summed E-state index contributed by atoms with van der Waals surface area (Å²) in [5, 5.41) is 5.88. The Morgan fingerprint density at radius 1 is 1.18 bits per heavy atom. The topological polar surface area (TPSA) is 140 Å². The summed E-state index contributed by atoms with van der Waals surface area (Å²) in [5.41, 5.74) is 7.26. The largest absolute Gasteiger partial charge is 0.433 e. The van der Waals surface area contributed by atoms with Crippen LogP contribution in [-0.2, 0) is 30.5 Å². The number of anilines is 1. The number of rotatable bonds is 9. The minimum absolute atomic E-state index is 0.0271. The molecule has 4 rings (SSSR count). The maximum absolute atomic E-state index is 13.6. The van der Waals surface area contributed by atoms with E-state index in [1.807, 2.05) is 44.2 Å². The van der Waals surface area contributed by atoms with Crippen molar-refractivity contribution in [2.24, 2.45) is 5.92 Å². The smallest absolute Gasteiger partial charge is 0.310 e. The lowest BCUT2D eigenvalue weighted by molar-refractivity contribution is -0.168. The monoisotopic (exact) mass is 556 g/mol. The number of nitrogens with two attached hydrogens (primary N) is 1. The maximum atomic E-state index is 13.6. The predicted molar refractivity (Wildman–Crippen MR) is 144 cm³/mol. The molecular weight excluding hydrogens is 524 g/mol. The number of halogens is 1. The first-order valence-electron chi connectivity index (χ1n) is 13.0. The molecule has 4 N–H and O–H groups in total. The van der Waals surface area contributed by atoms with E-state index in [0.717, 1.165) is 5.56 Å². The van der Waals surface area contributed by atoms with Gasteiger partial charge in [-0.05, 0) is 42.5 Å². The standard InChI is InChI=1S/C28H33ClN4O6/c1-16(2)24(32-25(35)18-10-11-20(30)19(29)13-18)27(37)33-12-6-9-22(33)26(36)31-21-14-23(34)39-28(21)38-15-17-7-4-3-5-8-17/h3-5,7-8,10-11,13,16,21-22,24,28H,6,9,12,14-15,30H2,1-2H3,(H,31,36)(H,32,35).